The maximum Gasteiger partial charge on any atom is 0.133 e. The highest BCUT2D eigenvalue weighted by Crippen LogP contribution is 2.17. The highest BCUT2D eigenvalue weighted by molar-refractivity contribution is 5.18. The van der Waals surface area contributed by atoms with Crippen molar-refractivity contribution in [3.8, 4) is 0 Å². The third-order valence-corrected chi connectivity index (χ3v) is 2.53. The molecule has 3 N–H and O–H groups in total. The molecule has 3 nitrogen and oxygen atoms in total. The van der Waals surface area contributed by atoms with E-state index in [0.29, 0.717) is 12.6 Å². The summed E-state index contributed by atoms with van der Waals surface area (Å²) >= 11 is 0. The molecule has 0 aliphatic heterocycles. The molecule has 0 saturated heterocycles. The lowest BCUT2D eigenvalue weighted by Gasteiger charge is -2.21. The summed E-state index contributed by atoms with van der Waals surface area (Å²) in [6.07, 6.45) is 0.0812. The second-order valence-corrected chi connectivity index (χ2v) is 3.67. The molecule has 84 valence electrons. The third-order valence-electron chi connectivity index (χ3n) is 2.53. The van der Waals surface area contributed by atoms with Gasteiger partial charge in [-0.15, -0.1) is 0 Å². The second kappa shape index (κ2) is 6.56. The number of rotatable bonds is 6. The maximum absolute atomic E-state index is 8.77. The Kier molecular flexibility index (Phi) is 5.32. The van der Waals surface area contributed by atoms with E-state index < -0.39 is 0 Å². The predicted octanol–water partition coefficient (Wildman–Crippen LogP) is 0.318. The zero-order chi connectivity index (χ0) is 11.1. The van der Waals surface area contributed by atoms with Gasteiger partial charge in [0.15, 0.2) is 0 Å². The van der Waals surface area contributed by atoms with Gasteiger partial charge in [0.2, 0.25) is 0 Å². The van der Waals surface area contributed by atoms with Crippen molar-refractivity contribution in [1.29, 1.82) is 0 Å². The smallest absolute Gasteiger partial charge is 0.133 e. The topological polar surface area (TPSA) is 46.1 Å². The Morgan fingerprint density at radius 3 is 2.53 bits per heavy atom. The second-order valence-electron chi connectivity index (χ2n) is 3.67. The number of methoxy groups -OCH3 is 1. The van der Waals surface area contributed by atoms with Crippen molar-refractivity contribution in [2.75, 3.05) is 20.3 Å². The summed E-state index contributed by atoms with van der Waals surface area (Å²) in [4.78, 5) is 0. The third kappa shape index (κ3) is 3.63. The molecule has 1 aromatic carbocycles. The molecular weight excluding hydrogens is 190 g/mol. The Hall–Kier alpha value is -0.900. The fraction of sp³-hybridized carbons (Fsp3) is 0.500. The Bertz CT molecular complexity index is 264. The molecule has 0 unspecified atom stereocenters. The van der Waals surface area contributed by atoms with E-state index in [0.717, 1.165) is 0 Å². The van der Waals surface area contributed by atoms with E-state index in [1.807, 2.05) is 18.2 Å². The highest BCUT2D eigenvalue weighted by atomic mass is 16.5. The minimum atomic E-state index is 0.0812. The molecule has 0 aliphatic rings. The van der Waals surface area contributed by atoms with Crippen LogP contribution in [0.25, 0.3) is 0 Å². The van der Waals surface area contributed by atoms with E-state index >= 15 is 0 Å². The van der Waals surface area contributed by atoms with E-state index in [4.69, 9.17) is 9.84 Å². The summed E-state index contributed by atoms with van der Waals surface area (Å²) in [5, 5.41) is 10.9. The Morgan fingerprint density at radius 1 is 1.33 bits per heavy atom. The summed E-state index contributed by atoms with van der Waals surface area (Å²) in [6, 6.07) is 10.5. The minimum Gasteiger partial charge on any atom is -0.391 e. The molecule has 2 atom stereocenters. The fourth-order valence-electron chi connectivity index (χ4n) is 1.76. The first-order valence-electron chi connectivity index (χ1n) is 5.31. The van der Waals surface area contributed by atoms with E-state index in [1.165, 1.54) is 5.56 Å². The van der Waals surface area contributed by atoms with Crippen LogP contribution in [0.5, 0.6) is 0 Å². The average molecular weight is 210 g/mol. The molecule has 0 fully saturated rings. The van der Waals surface area contributed by atoms with Gasteiger partial charge in [-0.1, -0.05) is 30.3 Å². The molecule has 3 heteroatoms. The van der Waals surface area contributed by atoms with E-state index in [1.54, 1.807) is 7.11 Å². The first-order valence-corrected chi connectivity index (χ1v) is 5.31. The molecular formula is C12H20NO2+. The van der Waals surface area contributed by atoms with Crippen LogP contribution < -0.4 is 5.32 Å². The quantitative estimate of drug-likeness (QED) is 0.710. The van der Waals surface area contributed by atoms with Crippen LogP contribution in [0, 0.1) is 0 Å². The van der Waals surface area contributed by atoms with Crippen molar-refractivity contribution >= 4 is 0 Å². The van der Waals surface area contributed by atoms with Gasteiger partial charge in [0, 0.05) is 7.11 Å². The molecule has 1 aromatic rings. The molecule has 0 bridgehead atoms. The lowest BCUT2D eigenvalue weighted by Crippen LogP contribution is -2.91. The fourth-order valence-corrected chi connectivity index (χ4v) is 1.76. The monoisotopic (exact) mass is 210 g/mol. The Morgan fingerprint density at radius 2 is 2.00 bits per heavy atom. The van der Waals surface area contributed by atoms with Crippen LogP contribution in [0.4, 0.5) is 0 Å². The molecule has 0 aromatic heterocycles. The lowest BCUT2D eigenvalue weighted by atomic mass is 10.0. The van der Waals surface area contributed by atoms with Crippen molar-refractivity contribution in [3.63, 3.8) is 0 Å². The number of aliphatic hydroxyl groups excluding tert-OH is 1. The number of benzene rings is 1. The number of ether oxygens (including phenoxy) is 1. The highest BCUT2D eigenvalue weighted by Gasteiger charge is 2.20. The lowest BCUT2D eigenvalue weighted by molar-refractivity contribution is -0.695. The molecule has 0 radical (unpaired) electrons. The molecule has 1 rings (SSSR count). The van der Waals surface area contributed by atoms with Gasteiger partial charge in [0.05, 0.1) is 13.2 Å². The van der Waals surface area contributed by atoms with E-state index in [2.05, 4.69) is 24.4 Å². The van der Waals surface area contributed by atoms with Crippen LogP contribution in [0.3, 0.4) is 0 Å². The van der Waals surface area contributed by atoms with Crippen LogP contribution in [0.1, 0.15) is 18.6 Å². The number of hydrogen-bond acceptors (Lipinski definition) is 2. The van der Waals surface area contributed by atoms with Crippen molar-refractivity contribution in [2.24, 2.45) is 0 Å². The van der Waals surface area contributed by atoms with Crippen molar-refractivity contribution in [1.82, 2.24) is 0 Å². The van der Waals surface area contributed by atoms with Crippen molar-refractivity contribution in [2.45, 2.75) is 19.1 Å². The van der Waals surface area contributed by atoms with Crippen LogP contribution in [0.15, 0.2) is 30.3 Å². The van der Waals surface area contributed by atoms with Gasteiger partial charge < -0.3 is 15.2 Å². The van der Waals surface area contributed by atoms with Gasteiger partial charge in [-0.05, 0) is 12.5 Å². The van der Waals surface area contributed by atoms with Gasteiger partial charge in [0.25, 0.3) is 0 Å². The number of nitrogens with two attached hydrogens (primary N) is 1. The predicted molar refractivity (Wildman–Crippen MR) is 59.5 cm³/mol. The molecule has 0 heterocycles. The summed E-state index contributed by atoms with van der Waals surface area (Å²) in [6.45, 7) is 3.03. The first kappa shape index (κ1) is 12.2. The number of aliphatic hydroxyl groups is 1. The zero-order valence-corrected chi connectivity index (χ0v) is 9.39. The van der Waals surface area contributed by atoms with Gasteiger partial charge in [-0.25, -0.2) is 0 Å². The van der Waals surface area contributed by atoms with Gasteiger partial charge in [-0.3, -0.25) is 0 Å². The number of hydrogen-bond donors (Lipinski definition) is 2. The van der Waals surface area contributed by atoms with Gasteiger partial charge >= 0.3 is 0 Å². The normalized spacial score (nSPS) is 14.9. The molecule has 0 aliphatic carbocycles. The van der Waals surface area contributed by atoms with Crippen LogP contribution in [-0.4, -0.2) is 31.4 Å². The zero-order valence-electron chi connectivity index (χ0n) is 9.39. The summed E-state index contributed by atoms with van der Waals surface area (Å²) < 4.78 is 5.48. The standard InChI is InChI=1S/C12H19NO2/c1-10(13-8-9-14)12(15-2)11-6-4-3-5-7-11/h3-7,10,12-14H,8-9H2,1-2H3/p+1/t10-,12+/m0/s1. The SMILES string of the molecule is CO[C@@H](c1ccccc1)[C@H](C)[NH2+]CCO. The van der Waals surface area contributed by atoms with Crippen LogP contribution in [-0.2, 0) is 4.74 Å². The molecule has 0 spiro atoms. The summed E-state index contributed by atoms with van der Waals surface area (Å²) in [5.74, 6) is 0. The van der Waals surface area contributed by atoms with Crippen LogP contribution in [0.2, 0.25) is 0 Å². The Balaban J connectivity index is 2.63. The molecule has 15 heavy (non-hydrogen) atoms. The van der Waals surface area contributed by atoms with Crippen molar-refractivity contribution in [3.05, 3.63) is 35.9 Å². The number of quaternary nitrogens is 1. The van der Waals surface area contributed by atoms with E-state index in [-0.39, 0.29) is 12.7 Å². The van der Waals surface area contributed by atoms with Crippen molar-refractivity contribution < 1.29 is 15.2 Å². The first-order chi connectivity index (χ1) is 7.29. The minimum absolute atomic E-state index is 0.0812. The van der Waals surface area contributed by atoms with E-state index in [9.17, 15) is 0 Å². The van der Waals surface area contributed by atoms with Gasteiger partial charge in [0.1, 0.15) is 12.1 Å². The maximum atomic E-state index is 8.77. The largest absolute Gasteiger partial charge is 0.391 e. The van der Waals surface area contributed by atoms with Gasteiger partial charge in [-0.2, -0.15) is 0 Å². The molecule has 0 amide bonds. The molecule has 0 saturated carbocycles. The average Bonchev–Trinajstić information content (AvgIpc) is 2.29. The van der Waals surface area contributed by atoms with Crippen LogP contribution >= 0.6 is 0 Å². The summed E-state index contributed by atoms with van der Waals surface area (Å²) in [7, 11) is 1.72. The Labute approximate surface area is 91.1 Å². The summed E-state index contributed by atoms with van der Waals surface area (Å²) in [5.41, 5.74) is 1.18.